The first kappa shape index (κ1) is 20.0. The van der Waals surface area contributed by atoms with E-state index < -0.39 is 0 Å². The van der Waals surface area contributed by atoms with Gasteiger partial charge in [-0.2, -0.15) is 0 Å². The lowest BCUT2D eigenvalue weighted by Gasteiger charge is -2.35. The fourth-order valence-electron chi connectivity index (χ4n) is 2.96. The number of nitrogens with zero attached hydrogens (tertiary/aromatic N) is 1. The van der Waals surface area contributed by atoms with E-state index >= 15 is 0 Å². The molecule has 1 heterocycles. The highest BCUT2D eigenvalue weighted by Gasteiger charge is 2.22. The van der Waals surface area contributed by atoms with Crippen LogP contribution in [-0.2, 0) is 9.53 Å². The van der Waals surface area contributed by atoms with Crippen molar-refractivity contribution in [1.29, 1.82) is 0 Å². The molecular weight excluding hydrogens is 340 g/mol. The van der Waals surface area contributed by atoms with Crippen LogP contribution >= 0.6 is 11.6 Å². The van der Waals surface area contributed by atoms with Crippen molar-refractivity contribution in [3.05, 3.63) is 29.3 Å². The average Bonchev–Trinajstić information content (AvgIpc) is 2.61. The second-order valence-electron chi connectivity index (χ2n) is 6.79. The zero-order valence-corrected chi connectivity index (χ0v) is 15.9. The highest BCUT2D eigenvalue weighted by Crippen LogP contribution is 2.16. The fourth-order valence-corrected chi connectivity index (χ4v) is 3.09. The molecule has 0 aromatic heterocycles. The van der Waals surface area contributed by atoms with Gasteiger partial charge in [0.05, 0.1) is 26.2 Å². The van der Waals surface area contributed by atoms with Crippen LogP contribution in [0.25, 0.3) is 0 Å². The number of benzene rings is 1. The zero-order valence-electron chi connectivity index (χ0n) is 15.2. The number of amides is 1. The fraction of sp³-hybridized carbons (Fsp3) is 0.632. The molecule has 140 valence electrons. The van der Waals surface area contributed by atoms with E-state index in [1.54, 1.807) is 24.3 Å². The number of hydrogen-bond donors (Lipinski definition) is 1. The van der Waals surface area contributed by atoms with Crippen LogP contribution in [-0.4, -0.2) is 56.3 Å². The maximum absolute atomic E-state index is 12.1. The Morgan fingerprint density at radius 3 is 2.60 bits per heavy atom. The third-order valence-electron chi connectivity index (χ3n) is 4.25. The van der Waals surface area contributed by atoms with Gasteiger partial charge in [-0.05, 0) is 36.6 Å². The first-order chi connectivity index (χ1) is 12.0. The summed E-state index contributed by atoms with van der Waals surface area (Å²) in [6.07, 6.45) is 1.42. The summed E-state index contributed by atoms with van der Waals surface area (Å²) in [5.74, 6) is 1.34. The highest BCUT2D eigenvalue weighted by atomic mass is 35.5. The van der Waals surface area contributed by atoms with Crippen LogP contribution in [0.3, 0.4) is 0 Å². The maximum Gasteiger partial charge on any atom is 0.223 e. The second kappa shape index (κ2) is 10.6. The third-order valence-corrected chi connectivity index (χ3v) is 4.50. The van der Waals surface area contributed by atoms with E-state index in [4.69, 9.17) is 21.1 Å². The number of halogens is 1. The molecule has 1 aliphatic rings. The number of morpholine rings is 1. The molecular formula is C19H29ClN2O3. The van der Waals surface area contributed by atoms with Crippen LogP contribution in [0.2, 0.25) is 5.02 Å². The SMILES string of the molecule is CC(C)CC(CNC(=O)CCOc1ccc(Cl)cc1)N1CCOCC1. The van der Waals surface area contributed by atoms with Gasteiger partial charge in [-0.1, -0.05) is 25.4 Å². The Hall–Kier alpha value is -1.30. The van der Waals surface area contributed by atoms with Gasteiger partial charge in [0.2, 0.25) is 5.91 Å². The lowest BCUT2D eigenvalue weighted by molar-refractivity contribution is -0.122. The molecule has 1 N–H and O–H groups in total. The Morgan fingerprint density at radius 1 is 1.28 bits per heavy atom. The van der Waals surface area contributed by atoms with Crippen molar-refractivity contribution in [1.82, 2.24) is 10.2 Å². The molecule has 1 atom stereocenters. The Bertz CT molecular complexity index is 516. The van der Waals surface area contributed by atoms with Gasteiger partial charge in [-0.3, -0.25) is 9.69 Å². The van der Waals surface area contributed by atoms with E-state index in [-0.39, 0.29) is 5.91 Å². The summed E-state index contributed by atoms with van der Waals surface area (Å²) in [6, 6.07) is 7.52. The topological polar surface area (TPSA) is 50.8 Å². The van der Waals surface area contributed by atoms with Gasteiger partial charge in [-0.25, -0.2) is 0 Å². The molecule has 5 nitrogen and oxygen atoms in total. The molecule has 0 bridgehead atoms. The lowest BCUT2D eigenvalue weighted by atomic mass is 10.0. The number of nitrogens with one attached hydrogen (secondary N) is 1. The van der Waals surface area contributed by atoms with Gasteiger partial charge >= 0.3 is 0 Å². The van der Waals surface area contributed by atoms with Gasteiger partial charge in [0.15, 0.2) is 0 Å². The van der Waals surface area contributed by atoms with Gasteiger partial charge in [0, 0.05) is 30.7 Å². The van der Waals surface area contributed by atoms with Crippen molar-refractivity contribution in [3.8, 4) is 5.75 Å². The van der Waals surface area contributed by atoms with Gasteiger partial charge in [0.1, 0.15) is 5.75 Å². The molecule has 1 aromatic rings. The van der Waals surface area contributed by atoms with E-state index in [0.29, 0.717) is 36.6 Å². The minimum atomic E-state index is 0.0241. The Morgan fingerprint density at radius 2 is 1.96 bits per heavy atom. The molecule has 1 aromatic carbocycles. The quantitative estimate of drug-likeness (QED) is 0.728. The molecule has 1 amide bonds. The smallest absolute Gasteiger partial charge is 0.223 e. The Labute approximate surface area is 155 Å². The van der Waals surface area contributed by atoms with E-state index in [2.05, 4.69) is 24.1 Å². The number of ether oxygens (including phenoxy) is 2. The molecule has 0 saturated carbocycles. The molecule has 1 unspecified atom stereocenters. The summed E-state index contributed by atoms with van der Waals surface area (Å²) >= 11 is 5.84. The van der Waals surface area contributed by atoms with Crippen LogP contribution in [0.1, 0.15) is 26.7 Å². The van der Waals surface area contributed by atoms with Crippen molar-refractivity contribution in [3.63, 3.8) is 0 Å². The number of rotatable bonds is 9. The lowest BCUT2D eigenvalue weighted by Crippen LogP contribution is -2.49. The van der Waals surface area contributed by atoms with Crippen LogP contribution in [0.15, 0.2) is 24.3 Å². The molecule has 0 spiro atoms. The first-order valence-electron chi connectivity index (χ1n) is 9.01. The van der Waals surface area contributed by atoms with Crippen molar-refractivity contribution < 1.29 is 14.3 Å². The third kappa shape index (κ3) is 7.63. The summed E-state index contributed by atoms with van der Waals surface area (Å²) in [6.45, 7) is 8.90. The van der Waals surface area contributed by atoms with E-state index in [1.165, 1.54) is 0 Å². The van der Waals surface area contributed by atoms with Crippen molar-refractivity contribution in [2.24, 2.45) is 5.92 Å². The minimum absolute atomic E-state index is 0.0241. The number of carbonyl (C=O) groups is 1. The van der Waals surface area contributed by atoms with Gasteiger partial charge in [0.25, 0.3) is 0 Å². The average molecular weight is 369 g/mol. The molecule has 0 radical (unpaired) electrons. The second-order valence-corrected chi connectivity index (χ2v) is 7.22. The highest BCUT2D eigenvalue weighted by molar-refractivity contribution is 6.30. The standard InChI is InChI=1S/C19H29ClN2O3/c1-15(2)13-17(22-8-11-24-12-9-22)14-21-19(23)7-10-25-18-5-3-16(20)4-6-18/h3-6,15,17H,7-14H2,1-2H3,(H,21,23). The predicted octanol–water partition coefficient (Wildman–Crippen LogP) is 2.97. The molecule has 25 heavy (non-hydrogen) atoms. The summed E-state index contributed by atoms with van der Waals surface area (Å²) in [4.78, 5) is 14.5. The molecule has 1 saturated heterocycles. The summed E-state index contributed by atoms with van der Waals surface area (Å²) in [5, 5.41) is 3.73. The zero-order chi connectivity index (χ0) is 18.1. The molecule has 1 aliphatic heterocycles. The van der Waals surface area contributed by atoms with Crippen LogP contribution in [0.4, 0.5) is 0 Å². The number of hydrogen-bond acceptors (Lipinski definition) is 4. The van der Waals surface area contributed by atoms with Crippen molar-refractivity contribution >= 4 is 17.5 Å². The minimum Gasteiger partial charge on any atom is -0.493 e. The number of carbonyl (C=O) groups excluding carboxylic acids is 1. The molecule has 0 aliphatic carbocycles. The summed E-state index contributed by atoms with van der Waals surface area (Å²) < 4.78 is 11.0. The van der Waals surface area contributed by atoms with Gasteiger partial charge < -0.3 is 14.8 Å². The Balaban J connectivity index is 1.71. The van der Waals surface area contributed by atoms with Gasteiger partial charge in [-0.15, -0.1) is 0 Å². The first-order valence-corrected chi connectivity index (χ1v) is 9.39. The monoisotopic (exact) mass is 368 g/mol. The summed E-state index contributed by atoms with van der Waals surface area (Å²) in [5.41, 5.74) is 0. The van der Waals surface area contributed by atoms with Crippen LogP contribution in [0.5, 0.6) is 5.75 Å². The molecule has 2 rings (SSSR count). The van der Waals surface area contributed by atoms with E-state index in [9.17, 15) is 4.79 Å². The molecule has 6 heteroatoms. The summed E-state index contributed by atoms with van der Waals surface area (Å²) in [7, 11) is 0. The van der Waals surface area contributed by atoms with Crippen LogP contribution < -0.4 is 10.1 Å². The van der Waals surface area contributed by atoms with E-state index in [0.717, 1.165) is 38.5 Å². The maximum atomic E-state index is 12.1. The van der Waals surface area contributed by atoms with E-state index in [1.807, 2.05) is 0 Å². The normalized spacial score (nSPS) is 16.6. The largest absolute Gasteiger partial charge is 0.493 e. The van der Waals surface area contributed by atoms with Crippen LogP contribution in [0, 0.1) is 5.92 Å². The van der Waals surface area contributed by atoms with Crippen molar-refractivity contribution in [2.75, 3.05) is 39.5 Å². The van der Waals surface area contributed by atoms with Crippen molar-refractivity contribution in [2.45, 2.75) is 32.7 Å². The molecule has 1 fully saturated rings. The Kier molecular flexibility index (Phi) is 8.52. The predicted molar refractivity (Wildman–Crippen MR) is 100 cm³/mol.